The van der Waals surface area contributed by atoms with Crippen LogP contribution in [0.2, 0.25) is 0 Å². The number of fused-ring (bicyclic) bond motifs is 1. The van der Waals surface area contributed by atoms with Gasteiger partial charge >= 0.3 is 0 Å². The quantitative estimate of drug-likeness (QED) is 0.607. The van der Waals surface area contributed by atoms with Gasteiger partial charge in [0, 0.05) is 5.56 Å². The summed E-state index contributed by atoms with van der Waals surface area (Å²) in [4.78, 5) is 10.4. The zero-order valence-corrected chi connectivity index (χ0v) is 6.83. The fraction of sp³-hybridized carbons (Fsp3) is 0. The first-order chi connectivity index (χ1) is 6.29. The van der Waals surface area contributed by atoms with Crippen LogP contribution in [-0.2, 0) is 0 Å². The van der Waals surface area contributed by atoms with Crippen molar-refractivity contribution < 1.29 is 9.18 Å². The Morgan fingerprint density at radius 1 is 1.00 bits per heavy atom. The third kappa shape index (κ3) is 1.43. The zero-order chi connectivity index (χ0) is 9.26. The second-order valence-corrected chi connectivity index (χ2v) is 2.87. The molecule has 1 nitrogen and oxygen atoms in total. The number of benzene rings is 2. The van der Waals surface area contributed by atoms with Crippen LogP contribution < -0.4 is 0 Å². The van der Waals surface area contributed by atoms with Gasteiger partial charge in [-0.2, -0.15) is 0 Å². The average Bonchev–Trinajstić information content (AvgIpc) is 2.17. The predicted molar refractivity (Wildman–Crippen MR) is 49.3 cm³/mol. The second-order valence-electron chi connectivity index (χ2n) is 2.87. The molecule has 2 rings (SSSR count). The van der Waals surface area contributed by atoms with Gasteiger partial charge in [0.2, 0.25) is 0 Å². The molecule has 2 aromatic carbocycles. The SMILES string of the molecule is O=Cc1ccc2cc(F)ccc2c1. The minimum atomic E-state index is -0.258. The molecule has 13 heavy (non-hydrogen) atoms. The van der Waals surface area contributed by atoms with E-state index in [1.807, 2.05) is 0 Å². The summed E-state index contributed by atoms with van der Waals surface area (Å²) >= 11 is 0. The lowest BCUT2D eigenvalue weighted by molar-refractivity contribution is 0.112. The Labute approximate surface area is 74.8 Å². The summed E-state index contributed by atoms with van der Waals surface area (Å²) < 4.78 is 12.7. The maximum Gasteiger partial charge on any atom is 0.150 e. The van der Waals surface area contributed by atoms with Crippen molar-refractivity contribution in [1.29, 1.82) is 0 Å². The molecule has 0 amide bonds. The third-order valence-electron chi connectivity index (χ3n) is 1.96. The third-order valence-corrected chi connectivity index (χ3v) is 1.96. The van der Waals surface area contributed by atoms with Crippen LogP contribution in [-0.4, -0.2) is 6.29 Å². The highest BCUT2D eigenvalue weighted by Gasteiger charge is 1.96. The number of carbonyl (C=O) groups is 1. The van der Waals surface area contributed by atoms with E-state index in [1.165, 1.54) is 12.1 Å². The highest BCUT2D eigenvalue weighted by molar-refractivity contribution is 5.88. The molecule has 0 aliphatic carbocycles. The molecule has 64 valence electrons. The molecule has 2 aromatic rings. The van der Waals surface area contributed by atoms with Crippen molar-refractivity contribution in [2.24, 2.45) is 0 Å². The van der Waals surface area contributed by atoms with Gasteiger partial charge in [0.05, 0.1) is 0 Å². The number of halogens is 1. The van der Waals surface area contributed by atoms with E-state index in [1.54, 1.807) is 24.3 Å². The minimum absolute atomic E-state index is 0.258. The van der Waals surface area contributed by atoms with Crippen LogP contribution in [0.1, 0.15) is 10.4 Å². The molecular weight excluding hydrogens is 167 g/mol. The zero-order valence-electron chi connectivity index (χ0n) is 6.83. The number of rotatable bonds is 1. The second kappa shape index (κ2) is 2.98. The van der Waals surface area contributed by atoms with Crippen molar-refractivity contribution in [3.05, 3.63) is 47.8 Å². The van der Waals surface area contributed by atoms with Gasteiger partial charge in [-0.3, -0.25) is 4.79 Å². The summed E-state index contributed by atoms with van der Waals surface area (Å²) in [5, 5.41) is 1.69. The van der Waals surface area contributed by atoms with Crippen molar-refractivity contribution in [2.75, 3.05) is 0 Å². The number of hydrogen-bond acceptors (Lipinski definition) is 1. The first-order valence-corrected chi connectivity index (χ1v) is 3.94. The van der Waals surface area contributed by atoms with Crippen molar-refractivity contribution in [2.45, 2.75) is 0 Å². The topological polar surface area (TPSA) is 17.1 Å². The van der Waals surface area contributed by atoms with Crippen LogP contribution in [0.5, 0.6) is 0 Å². The van der Waals surface area contributed by atoms with Crippen molar-refractivity contribution in [3.63, 3.8) is 0 Å². The van der Waals surface area contributed by atoms with Gasteiger partial charge in [0.15, 0.2) is 0 Å². The molecule has 0 aromatic heterocycles. The maximum atomic E-state index is 12.7. The molecule has 0 N–H and O–H groups in total. The Morgan fingerprint density at radius 3 is 2.46 bits per heavy atom. The van der Waals surface area contributed by atoms with Crippen LogP contribution in [0.15, 0.2) is 36.4 Å². The number of hydrogen-bond donors (Lipinski definition) is 0. The first kappa shape index (κ1) is 7.92. The van der Waals surface area contributed by atoms with Crippen LogP contribution in [0.25, 0.3) is 10.8 Å². The summed E-state index contributed by atoms with van der Waals surface area (Å²) in [6.07, 6.45) is 0.781. The highest BCUT2D eigenvalue weighted by Crippen LogP contribution is 2.16. The van der Waals surface area contributed by atoms with E-state index in [0.717, 1.165) is 17.1 Å². The smallest absolute Gasteiger partial charge is 0.150 e. The molecule has 0 spiro atoms. The summed E-state index contributed by atoms with van der Waals surface area (Å²) in [5.74, 6) is -0.258. The van der Waals surface area contributed by atoms with Gasteiger partial charge in [-0.1, -0.05) is 18.2 Å². The minimum Gasteiger partial charge on any atom is -0.298 e. The Balaban J connectivity index is 2.73. The van der Waals surface area contributed by atoms with Gasteiger partial charge in [-0.05, 0) is 29.0 Å². The highest BCUT2D eigenvalue weighted by atomic mass is 19.1. The molecule has 0 heterocycles. The van der Waals surface area contributed by atoms with Gasteiger partial charge in [0.1, 0.15) is 12.1 Å². The van der Waals surface area contributed by atoms with E-state index < -0.39 is 0 Å². The number of aldehydes is 1. The Morgan fingerprint density at radius 2 is 1.69 bits per heavy atom. The normalized spacial score (nSPS) is 10.2. The van der Waals surface area contributed by atoms with Crippen molar-refractivity contribution >= 4 is 17.1 Å². The maximum absolute atomic E-state index is 12.7. The average molecular weight is 174 g/mol. The van der Waals surface area contributed by atoms with E-state index in [2.05, 4.69) is 0 Å². The molecule has 0 saturated carbocycles. The van der Waals surface area contributed by atoms with Crippen LogP contribution in [0.3, 0.4) is 0 Å². The molecule has 0 radical (unpaired) electrons. The fourth-order valence-electron chi connectivity index (χ4n) is 1.31. The standard InChI is InChI=1S/C11H7FO/c12-11-4-3-9-5-8(7-13)1-2-10(9)6-11/h1-7H. The van der Waals surface area contributed by atoms with E-state index in [9.17, 15) is 9.18 Å². The van der Waals surface area contributed by atoms with Crippen molar-refractivity contribution in [1.82, 2.24) is 0 Å². The first-order valence-electron chi connectivity index (χ1n) is 3.94. The Hall–Kier alpha value is -1.70. The van der Waals surface area contributed by atoms with Crippen LogP contribution in [0.4, 0.5) is 4.39 Å². The molecule has 0 unspecified atom stereocenters. The molecule has 0 saturated heterocycles. The molecule has 0 aliphatic heterocycles. The summed E-state index contributed by atoms with van der Waals surface area (Å²) in [7, 11) is 0. The van der Waals surface area contributed by atoms with Crippen molar-refractivity contribution in [3.8, 4) is 0 Å². The van der Waals surface area contributed by atoms with E-state index in [-0.39, 0.29) is 5.82 Å². The Bertz CT molecular complexity index is 463. The predicted octanol–water partition coefficient (Wildman–Crippen LogP) is 2.79. The molecule has 0 bridgehead atoms. The van der Waals surface area contributed by atoms with Gasteiger partial charge < -0.3 is 0 Å². The molecule has 2 heteroatoms. The lowest BCUT2D eigenvalue weighted by Gasteiger charge is -1.97. The van der Waals surface area contributed by atoms with Gasteiger partial charge in [-0.15, -0.1) is 0 Å². The summed E-state index contributed by atoms with van der Waals surface area (Å²) in [5.41, 5.74) is 0.610. The van der Waals surface area contributed by atoms with Gasteiger partial charge in [-0.25, -0.2) is 4.39 Å². The summed E-state index contributed by atoms with van der Waals surface area (Å²) in [6, 6.07) is 9.65. The van der Waals surface area contributed by atoms with E-state index >= 15 is 0 Å². The Kier molecular flexibility index (Phi) is 1.81. The van der Waals surface area contributed by atoms with Crippen LogP contribution in [0, 0.1) is 5.82 Å². The molecular formula is C11H7FO. The monoisotopic (exact) mass is 174 g/mol. The van der Waals surface area contributed by atoms with Gasteiger partial charge in [0.25, 0.3) is 0 Å². The molecule has 0 atom stereocenters. The largest absolute Gasteiger partial charge is 0.298 e. The van der Waals surface area contributed by atoms with E-state index in [4.69, 9.17) is 0 Å². The lowest BCUT2D eigenvalue weighted by atomic mass is 10.1. The van der Waals surface area contributed by atoms with Crippen LogP contribution >= 0.6 is 0 Å². The molecule has 0 aliphatic rings. The molecule has 0 fully saturated rings. The lowest BCUT2D eigenvalue weighted by Crippen LogP contribution is -1.81. The fourth-order valence-corrected chi connectivity index (χ4v) is 1.31. The number of carbonyl (C=O) groups excluding carboxylic acids is 1. The summed E-state index contributed by atoms with van der Waals surface area (Å²) in [6.45, 7) is 0. The van der Waals surface area contributed by atoms with E-state index in [0.29, 0.717) is 5.56 Å².